The number of rotatable bonds is 5. The molecule has 0 aliphatic heterocycles. The first-order valence-corrected chi connectivity index (χ1v) is 6.61. The zero-order chi connectivity index (χ0) is 12.5. The Bertz CT molecular complexity index is 595. The summed E-state index contributed by atoms with van der Waals surface area (Å²) in [6, 6.07) is 7.99. The molecule has 18 heavy (non-hydrogen) atoms. The quantitative estimate of drug-likeness (QED) is 0.877. The number of benzene rings is 1. The van der Waals surface area contributed by atoms with Crippen molar-refractivity contribution in [1.29, 1.82) is 0 Å². The van der Waals surface area contributed by atoms with Gasteiger partial charge in [0, 0.05) is 12.6 Å². The number of likely N-dealkylation sites (N-methyl/N-ethyl adjacent to an activating group) is 1. The van der Waals surface area contributed by atoms with Crippen LogP contribution in [0.15, 0.2) is 33.5 Å². The topological polar surface area (TPSA) is 47.2 Å². The average molecular weight is 246 g/mol. The fraction of sp³-hybridized carbons (Fsp3) is 0.500. The molecule has 1 aromatic carbocycles. The molecule has 0 saturated heterocycles. The number of aromatic nitrogens is 1. The van der Waals surface area contributed by atoms with Crippen molar-refractivity contribution >= 4 is 11.1 Å². The number of oxazole rings is 1. The molecule has 1 atom stereocenters. The summed E-state index contributed by atoms with van der Waals surface area (Å²) in [6.45, 7) is 3.74. The summed E-state index contributed by atoms with van der Waals surface area (Å²) in [5.41, 5.74) is 1.57. The van der Waals surface area contributed by atoms with Gasteiger partial charge in [-0.15, -0.1) is 0 Å². The van der Waals surface area contributed by atoms with Gasteiger partial charge in [0.2, 0.25) is 0 Å². The van der Waals surface area contributed by atoms with Crippen LogP contribution in [0.5, 0.6) is 0 Å². The van der Waals surface area contributed by atoms with Gasteiger partial charge in [0.1, 0.15) is 0 Å². The van der Waals surface area contributed by atoms with Crippen LogP contribution in [-0.2, 0) is 6.54 Å². The van der Waals surface area contributed by atoms with Crippen LogP contribution >= 0.6 is 0 Å². The Kier molecular flexibility index (Phi) is 2.96. The molecule has 1 aliphatic rings. The zero-order valence-electron chi connectivity index (χ0n) is 10.6. The highest BCUT2D eigenvalue weighted by molar-refractivity contribution is 5.72. The lowest BCUT2D eigenvalue weighted by molar-refractivity contribution is 0.396. The highest BCUT2D eigenvalue weighted by Gasteiger charge is 2.31. The van der Waals surface area contributed by atoms with Crippen LogP contribution in [0.4, 0.5) is 0 Å². The number of para-hydroxylation sites is 2. The number of hydrogen-bond donors (Lipinski definition) is 1. The summed E-state index contributed by atoms with van der Waals surface area (Å²) in [7, 11) is 0. The molecule has 0 spiro atoms. The van der Waals surface area contributed by atoms with Gasteiger partial charge < -0.3 is 9.73 Å². The molecule has 1 heterocycles. The van der Waals surface area contributed by atoms with Crippen LogP contribution in [0.1, 0.15) is 19.8 Å². The van der Waals surface area contributed by atoms with Crippen molar-refractivity contribution in [2.45, 2.75) is 32.4 Å². The molecule has 1 aliphatic carbocycles. The van der Waals surface area contributed by atoms with Crippen molar-refractivity contribution in [3.8, 4) is 0 Å². The maximum atomic E-state index is 11.9. The first-order chi connectivity index (χ1) is 8.79. The van der Waals surface area contributed by atoms with E-state index in [1.165, 1.54) is 12.8 Å². The van der Waals surface area contributed by atoms with Crippen molar-refractivity contribution in [2.24, 2.45) is 5.92 Å². The maximum Gasteiger partial charge on any atom is 0.420 e. The summed E-state index contributed by atoms with van der Waals surface area (Å²) in [6.07, 6.45) is 2.53. The Morgan fingerprint density at radius 3 is 2.94 bits per heavy atom. The molecule has 4 nitrogen and oxygen atoms in total. The highest BCUT2D eigenvalue weighted by Crippen LogP contribution is 2.33. The second kappa shape index (κ2) is 4.61. The summed E-state index contributed by atoms with van der Waals surface area (Å²) < 4.78 is 7.01. The largest absolute Gasteiger partial charge is 0.420 e. The maximum absolute atomic E-state index is 11.9. The van der Waals surface area contributed by atoms with Crippen LogP contribution in [-0.4, -0.2) is 17.2 Å². The Morgan fingerprint density at radius 1 is 1.44 bits per heavy atom. The van der Waals surface area contributed by atoms with E-state index in [1.54, 1.807) is 4.57 Å². The third kappa shape index (κ3) is 2.08. The van der Waals surface area contributed by atoms with E-state index in [0.717, 1.165) is 12.1 Å². The molecular formula is C14H18N2O2. The van der Waals surface area contributed by atoms with Crippen molar-refractivity contribution in [3.63, 3.8) is 0 Å². The van der Waals surface area contributed by atoms with Gasteiger partial charge >= 0.3 is 5.76 Å². The Hall–Kier alpha value is -1.55. The summed E-state index contributed by atoms with van der Waals surface area (Å²) in [4.78, 5) is 11.9. The molecule has 1 N–H and O–H groups in total. The molecular weight excluding hydrogens is 228 g/mol. The van der Waals surface area contributed by atoms with E-state index in [-0.39, 0.29) is 5.76 Å². The monoisotopic (exact) mass is 246 g/mol. The van der Waals surface area contributed by atoms with E-state index in [0.29, 0.717) is 24.1 Å². The summed E-state index contributed by atoms with van der Waals surface area (Å²) in [5, 5.41) is 3.47. The van der Waals surface area contributed by atoms with E-state index in [9.17, 15) is 4.79 Å². The molecule has 1 saturated carbocycles. The minimum absolute atomic E-state index is 0.250. The zero-order valence-corrected chi connectivity index (χ0v) is 10.6. The van der Waals surface area contributed by atoms with Crippen molar-refractivity contribution in [3.05, 3.63) is 34.8 Å². The first-order valence-electron chi connectivity index (χ1n) is 6.61. The lowest BCUT2D eigenvalue weighted by Gasteiger charge is -2.17. The van der Waals surface area contributed by atoms with Crippen LogP contribution in [0, 0.1) is 5.92 Å². The fourth-order valence-electron chi connectivity index (χ4n) is 2.52. The second-order valence-corrected chi connectivity index (χ2v) is 4.95. The van der Waals surface area contributed by atoms with Crippen LogP contribution in [0.25, 0.3) is 11.1 Å². The predicted molar refractivity (Wildman–Crippen MR) is 70.7 cm³/mol. The number of hydrogen-bond acceptors (Lipinski definition) is 3. The molecule has 0 bridgehead atoms. The molecule has 0 amide bonds. The Morgan fingerprint density at radius 2 is 2.22 bits per heavy atom. The lowest BCUT2D eigenvalue weighted by Crippen LogP contribution is -2.37. The van der Waals surface area contributed by atoms with Gasteiger partial charge in [0.25, 0.3) is 0 Å². The number of nitrogens with one attached hydrogen (secondary N) is 1. The summed E-state index contributed by atoms with van der Waals surface area (Å²) in [5.74, 6) is 0.463. The third-order valence-corrected chi connectivity index (χ3v) is 3.61. The van der Waals surface area contributed by atoms with E-state index in [4.69, 9.17) is 4.42 Å². The molecule has 1 unspecified atom stereocenters. The average Bonchev–Trinajstić information content (AvgIpc) is 3.15. The van der Waals surface area contributed by atoms with E-state index in [1.807, 2.05) is 24.3 Å². The lowest BCUT2D eigenvalue weighted by atomic mass is 10.2. The Labute approximate surface area is 106 Å². The van der Waals surface area contributed by atoms with Crippen molar-refractivity contribution in [1.82, 2.24) is 9.88 Å². The van der Waals surface area contributed by atoms with Gasteiger partial charge in [-0.05, 0) is 37.4 Å². The van der Waals surface area contributed by atoms with E-state index >= 15 is 0 Å². The molecule has 3 rings (SSSR count). The van der Waals surface area contributed by atoms with Crippen molar-refractivity contribution in [2.75, 3.05) is 6.54 Å². The van der Waals surface area contributed by atoms with Gasteiger partial charge in [-0.1, -0.05) is 19.1 Å². The number of fused-ring (bicyclic) bond motifs is 1. The van der Waals surface area contributed by atoms with Gasteiger partial charge in [-0.2, -0.15) is 0 Å². The van der Waals surface area contributed by atoms with Crippen LogP contribution in [0.3, 0.4) is 0 Å². The highest BCUT2D eigenvalue weighted by atomic mass is 16.4. The predicted octanol–water partition coefficient (Wildman–Crippen LogP) is 1.98. The fourth-order valence-corrected chi connectivity index (χ4v) is 2.52. The van der Waals surface area contributed by atoms with Gasteiger partial charge in [0.05, 0.1) is 5.52 Å². The van der Waals surface area contributed by atoms with E-state index < -0.39 is 0 Å². The molecule has 0 radical (unpaired) electrons. The number of nitrogens with zero attached hydrogens (tertiary/aromatic N) is 1. The SMILES string of the molecule is CCNC(Cn1c(=O)oc2ccccc21)C1CC1. The minimum atomic E-state index is -0.250. The second-order valence-electron chi connectivity index (χ2n) is 4.95. The van der Waals surface area contributed by atoms with Crippen LogP contribution < -0.4 is 11.1 Å². The van der Waals surface area contributed by atoms with Gasteiger partial charge in [-0.25, -0.2) is 4.79 Å². The Balaban J connectivity index is 1.93. The molecule has 4 heteroatoms. The third-order valence-electron chi connectivity index (χ3n) is 3.61. The molecule has 2 aromatic rings. The molecule has 96 valence electrons. The molecule has 1 aromatic heterocycles. The van der Waals surface area contributed by atoms with Gasteiger partial charge in [-0.3, -0.25) is 4.57 Å². The van der Waals surface area contributed by atoms with E-state index in [2.05, 4.69) is 12.2 Å². The first kappa shape index (κ1) is 11.5. The minimum Gasteiger partial charge on any atom is -0.408 e. The van der Waals surface area contributed by atoms with Crippen molar-refractivity contribution < 1.29 is 4.42 Å². The standard InChI is InChI=1S/C14H18N2O2/c1-2-15-11(10-7-8-10)9-16-12-5-3-4-6-13(12)18-14(16)17/h3-6,10-11,15H,2,7-9H2,1H3. The van der Waals surface area contributed by atoms with Gasteiger partial charge in [0.15, 0.2) is 5.58 Å². The summed E-state index contributed by atoms with van der Waals surface area (Å²) >= 11 is 0. The smallest absolute Gasteiger partial charge is 0.408 e. The normalized spacial score (nSPS) is 17.2. The van der Waals surface area contributed by atoms with Crippen LogP contribution in [0.2, 0.25) is 0 Å². The molecule has 1 fully saturated rings.